The zero-order chi connectivity index (χ0) is 24.8. The highest BCUT2D eigenvalue weighted by Gasteiger charge is 2.28. The molecular formula is C24H25N3O7S. The lowest BCUT2D eigenvalue weighted by Crippen LogP contribution is -2.37. The van der Waals surface area contributed by atoms with Crippen LogP contribution in [0, 0.1) is 0 Å². The first kappa shape index (κ1) is 24.3. The minimum Gasteiger partial charge on any atom is -0.490 e. The number of ether oxygens (including phenoxy) is 2. The number of carbonyl (C=O) groups excluding carboxylic acids is 2. The van der Waals surface area contributed by atoms with Gasteiger partial charge in [-0.25, -0.2) is 8.42 Å². The summed E-state index contributed by atoms with van der Waals surface area (Å²) in [4.78, 5) is 24.1. The van der Waals surface area contributed by atoms with Crippen LogP contribution >= 0.6 is 0 Å². The molecule has 0 atom stereocenters. The second-order valence-corrected chi connectivity index (χ2v) is 9.76. The van der Waals surface area contributed by atoms with Gasteiger partial charge in [-0.15, -0.1) is 0 Å². The van der Waals surface area contributed by atoms with E-state index < -0.39 is 22.5 Å². The largest absolute Gasteiger partial charge is 0.490 e. The SMILES string of the molecule is CC(=O)Nc1ccc(S(=O)(=O)N(CC(=O)Nc2ccc3c(c2)OCCCO3)Cc2ccco2)cc1. The van der Waals surface area contributed by atoms with Gasteiger partial charge >= 0.3 is 0 Å². The van der Waals surface area contributed by atoms with Gasteiger partial charge in [-0.1, -0.05) is 0 Å². The molecule has 0 spiro atoms. The number of anilines is 2. The molecule has 2 N–H and O–H groups in total. The van der Waals surface area contributed by atoms with Crippen LogP contribution in [0.1, 0.15) is 19.1 Å². The highest BCUT2D eigenvalue weighted by atomic mass is 32.2. The lowest BCUT2D eigenvalue weighted by atomic mass is 10.2. The van der Waals surface area contributed by atoms with Crippen molar-refractivity contribution in [3.8, 4) is 11.5 Å². The molecule has 0 radical (unpaired) electrons. The van der Waals surface area contributed by atoms with Crippen LogP contribution in [0.25, 0.3) is 0 Å². The Kier molecular flexibility index (Phi) is 7.37. The van der Waals surface area contributed by atoms with Crippen LogP contribution in [0.15, 0.2) is 70.2 Å². The van der Waals surface area contributed by atoms with Crippen molar-refractivity contribution in [2.45, 2.75) is 24.8 Å². The summed E-state index contributed by atoms with van der Waals surface area (Å²) in [5.74, 6) is 0.674. The fourth-order valence-electron chi connectivity index (χ4n) is 3.47. The molecule has 2 amide bonds. The third kappa shape index (κ3) is 6.19. The van der Waals surface area contributed by atoms with Crippen LogP contribution in [-0.4, -0.2) is 44.3 Å². The average molecular weight is 500 g/mol. The molecule has 184 valence electrons. The van der Waals surface area contributed by atoms with E-state index in [0.29, 0.717) is 41.8 Å². The zero-order valence-electron chi connectivity index (χ0n) is 19.0. The molecule has 1 aliphatic rings. The van der Waals surface area contributed by atoms with Gasteiger partial charge in [0.1, 0.15) is 5.76 Å². The number of carbonyl (C=O) groups is 2. The van der Waals surface area contributed by atoms with E-state index in [1.54, 1.807) is 30.3 Å². The Morgan fingerprint density at radius 2 is 1.66 bits per heavy atom. The molecule has 0 unspecified atom stereocenters. The maximum Gasteiger partial charge on any atom is 0.243 e. The van der Waals surface area contributed by atoms with E-state index in [9.17, 15) is 18.0 Å². The molecule has 1 aromatic heterocycles. The number of hydrogen-bond acceptors (Lipinski definition) is 7. The van der Waals surface area contributed by atoms with Crippen molar-refractivity contribution in [1.29, 1.82) is 0 Å². The number of hydrogen-bond donors (Lipinski definition) is 2. The van der Waals surface area contributed by atoms with Crippen molar-refractivity contribution >= 4 is 33.2 Å². The van der Waals surface area contributed by atoms with Crippen LogP contribution in [-0.2, 0) is 26.2 Å². The number of furan rings is 1. The Balaban J connectivity index is 1.53. The van der Waals surface area contributed by atoms with E-state index in [4.69, 9.17) is 13.9 Å². The maximum absolute atomic E-state index is 13.4. The fraction of sp³-hybridized carbons (Fsp3) is 0.250. The van der Waals surface area contributed by atoms with Crippen LogP contribution in [0.4, 0.5) is 11.4 Å². The Morgan fingerprint density at radius 1 is 0.943 bits per heavy atom. The summed E-state index contributed by atoms with van der Waals surface area (Å²) < 4.78 is 44.4. The van der Waals surface area contributed by atoms with Crippen LogP contribution < -0.4 is 20.1 Å². The average Bonchev–Trinajstić information content (AvgIpc) is 3.22. The van der Waals surface area contributed by atoms with E-state index in [1.807, 2.05) is 0 Å². The molecule has 11 heteroatoms. The van der Waals surface area contributed by atoms with Gasteiger partial charge in [0.15, 0.2) is 11.5 Å². The van der Waals surface area contributed by atoms with Gasteiger partial charge in [0, 0.05) is 30.8 Å². The van der Waals surface area contributed by atoms with E-state index >= 15 is 0 Å². The number of fused-ring (bicyclic) bond motifs is 1. The minimum atomic E-state index is -4.07. The second kappa shape index (κ2) is 10.6. The molecule has 0 bridgehead atoms. The quantitative estimate of drug-likeness (QED) is 0.487. The van der Waals surface area contributed by atoms with Crippen molar-refractivity contribution in [2.24, 2.45) is 0 Å². The molecule has 4 rings (SSSR count). The number of nitrogens with one attached hydrogen (secondary N) is 2. The molecule has 0 saturated carbocycles. The summed E-state index contributed by atoms with van der Waals surface area (Å²) in [7, 11) is -4.07. The standard InChI is InChI=1S/C24H25N3O7S/c1-17(28)25-18-5-8-21(9-6-18)35(30,31)27(15-20-4-2-11-32-20)16-24(29)26-19-7-10-22-23(14-19)34-13-3-12-33-22/h2,4-11,14H,3,12-13,15-16H2,1H3,(H,25,28)(H,26,29). The topological polar surface area (TPSA) is 127 Å². The van der Waals surface area contributed by atoms with Crippen molar-refractivity contribution in [1.82, 2.24) is 4.31 Å². The Bertz CT molecular complexity index is 1290. The normalized spacial score (nSPS) is 13.2. The second-order valence-electron chi connectivity index (χ2n) is 7.82. The van der Waals surface area contributed by atoms with Crippen LogP contribution in [0.5, 0.6) is 11.5 Å². The summed E-state index contributed by atoms with van der Waals surface area (Å²) in [6, 6.07) is 14.0. The molecule has 1 aliphatic heterocycles. The molecule has 2 heterocycles. The monoisotopic (exact) mass is 499 g/mol. The van der Waals surface area contributed by atoms with Crippen LogP contribution in [0.2, 0.25) is 0 Å². The highest BCUT2D eigenvalue weighted by Crippen LogP contribution is 2.32. The fourth-order valence-corrected chi connectivity index (χ4v) is 4.83. The van der Waals surface area contributed by atoms with Crippen LogP contribution in [0.3, 0.4) is 0 Å². The molecular weight excluding hydrogens is 474 g/mol. The van der Waals surface area contributed by atoms with E-state index in [0.717, 1.165) is 10.7 Å². The smallest absolute Gasteiger partial charge is 0.243 e. The predicted molar refractivity (Wildman–Crippen MR) is 128 cm³/mol. The molecule has 0 aliphatic carbocycles. The first-order valence-electron chi connectivity index (χ1n) is 10.9. The van der Waals surface area contributed by atoms with Crippen molar-refractivity contribution in [3.63, 3.8) is 0 Å². The van der Waals surface area contributed by atoms with Gasteiger partial charge in [-0.05, 0) is 48.5 Å². The number of benzene rings is 2. The molecule has 3 aromatic rings. The summed E-state index contributed by atoms with van der Waals surface area (Å²) in [6.45, 7) is 1.81. The predicted octanol–water partition coefficient (Wildman–Crippen LogP) is 3.23. The number of sulfonamides is 1. The van der Waals surface area contributed by atoms with Gasteiger partial charge < -0.3 is 24.5 Å². The molecule has 10 nitrogen and oxygen atoms in total. The lowest BCUT2D eigenvalue weighted by Gasteiger charge is -2.21. The first-order valence-corrected chi connectivity index (χ1v) is 12.3. The van der Waals surface area contributed by atoms with Crippen molar-refractivity contribution in [3.05, 3.63) is 66.6 Å². The minimum absolute atomic E-state index is 0.0264. The summed E-state index contributed by atoms with van der Waals surface area (Å²) in [5.41, 5.74) is 0.912. The summed E-state index contributed by atoms with van der Waals surface area (Å²) >= 11 is 0. The maximum atomic E-state index is 13.4. The van der Waals surface area contributed by atoms with Gasteiger partial charge in [0.25, 0.3) is 0 Å². The Hall–Kier alpha value is -3.83. The van der Waals surface area contributed by atoms with E-state index in [2.05, 4.69) is 10.6 Å². The molecule has 35 heavy (non-hydrogen) atoms. The number of rotatable bonds is 8. The number of amides is 2. The van der Waals surface area contributed by atoms with Gasteiger partial charge in [0.05, 0.1) is 37.5 Å². The van der Waals surface area contributed by atoms with Crippen molar-refractivity contribution < 1.29 is 31.9 Å². The Labute approximate surface area is 202 Å². The molecule has 2 aromatic carbocycles. The third-order valence-corrected chi connectivity index (χ3v) is 6.88. The summed E-state index contributed by atoms with van der Waals surface area (Å²) in [5, 5.41) is 5.31. The third-order valence-electron chi connectivity index (χ3n) is 5.08. The lowest BCUT2D eigenvalue weighted by molar-refractivity contribution is -0.116. The van der Waals surface area contributed by atoms with E-state index in [-0.39, 0.29) is 17.3 Å². The van der Waals surface area contributed by atoms with Gasteiger partial charge in [0.2, 0.25) is 21.8 Å². The highest BCUT2D eigenvalue weighted by molar-refractivity contribution is 7.89. The van der Waals surface area contributed by atoms with E-state index in [1.165, 1.54) is 37.5 Å². The van der Waals surface area contributed by atoms with Gasteiger partial charge in [-0.2, -0.15) is 4.31 Å². The molecule has 0 saturated heterocycles. The van der Waals surface area contributed by atoms with Gasteiger partial charge in [-0.3, -0.25) is 9.59 Å². The number of nitrogens with zero attached hydrogens (tertiary/aromatic N) is 1. The molecule has 0 fully saturated rings. The van der Waals surface area contributed by atoms with Crippen molar-refractivity contribution in [2.75, 3.05) is 30.4 Å². The zero-order valence-corrected chi connectivity index (χ0v) is 19.8. The first-order chi connectivity index (χ1) is 16.8. The Morgan fingerprint density at radius 3 is 2.34 bits per heavy atom. The summed E-state index contributed by atoms with van der Waals surface area (Å²) in [6.07, 6.45) is 2.18.